The third-order valence-electron chi connectivity index (χ3n) is 4.20. The maximum atomic E-state index is 12.2. The van der Waals surface area contributed by atoms with E-state index in [2.05, 4.69) is 5.32 Å². The Labute approximate surface area is 161 Å². The van der Waals surface area contributed by atoms with Gasteiger partial charge in [-0.05, 0) is 43.2 Å². The molecule has 0 unspecified atom stereocenters. The third kappa shape index (κ3) is 6.29. The van der Waals surface area contributed by atoms with Crippen molar-refractivity contribution >= 4 is 21.6 Å². The van der Waals surface area contributed by atoms with Crippen LogP contribution < -0.4 is 14.4 Å². The molecule has 1 atom stereocenters. The van der Waals surface area contributed by atoms with E-state index in [9.17, 15) is 13.2 Å². The van der Waals surface area contributed by atoms with Crippen LogP contribution in [0.15, 0.2) is 54.6 Å². The Bertz CT molecular complexity index is 836. The lowest BCUT2D eigenvalue weighted by atomic mass is 10.1. The van der Waals surface area contributed by atoms with E-state index >= 15 is 0 Å². The van der Waals surface area contributed by atoms with Crippen LogP contribution in [0.2, 0.25) is 0 Å². The van der Waals surface area contributed by atoms with Crippen molar-refractivity contribution in [3.05, 3.63) is 60.2 Å². The molecule has 7 heteroatoms. The van der Waals surface area contributed by atoms with Crippen molar-refractivity contribution in [1.82, 2.24) is 5.32 Å². The minimum Gasteiger partial charge on any atom is -0.497 e. The van der Waals surface area contributed by atoms with E-state index in [1.807, 2.05) is 37.3 Å². The molecule has 0 spiro atoms. The van der Waals surface area contributed by atoms with Crippen LogP contribution in [0, 0.1) is 0 Å². The molecule has 1 amide bonds. The zero-order valence-corrected chi connectivity index (χ0v) is 16.7. The average molecular weight is 391 g/mol. The number of amides is 1. The van der Waals surface area contributed by atoms with Crippen LogP contribution in [0.5, 0.6) is 5.75 Å². The normalized spacial score (nSPS) is 12.3. The molecule has 2 aromatic rings. The lowest BCUT2D eigenvalue weighted by Crippen LogP contribution is -2.32. The zero-order chi connectivity index (χ0) is 19.9. The Kier molecular flexibility index (Phi) is 7.24. The molecule has 2 aromatic carbocycles. The van der Waals surface area contributed by atoms with Gasteiger partial charge in [-0.3, -0.25) is 9.10 Å². The summed E-state index contributed by atoms with van der Waals surface area (Å²) in [7, 11) is -1.89. The molecule has 0 saturated heterocycles. The molecule has 146 valence electrons. The molecule has 0 heterocycles. The van der Waals surface area contributed by atoms with Crippen LogP contribution in [0.4, 0.5) is 5.69 Å². The first-order valence-electron chi connectivity index (χ1n) is 8.77. The highest BCUT2D eigenvalue weighted by Crippen LogP contribution is 2.22. The van der Waals surface area contributed by atoms with Crippen LogP contribution in [-0.2, 0) is 14.8 Å². The molecule has 27 heavy (non-hydrogen) atoms. The maximum Gasteiger partial charge on any atom is 0.232 e. The standard InChI is InChI=1S/C20H26N2O4S/c1-16(17-8-5-4-6-9-17)21-20(23)10-7-15-22(27(3,24)25)18-11-13-19(26-2)14-12-18/h4-6,8-9,11-14,16H,7,10,15H2,1-3H3,(H,21,23)/t16-/m1/s1. The second-order valence-electron chi connectivity index (χ2n) is 6.34. The number of methoxy groups -OCH3 is 1. The van der Waals surface area contributed by atoms with Gasteiger partial charge in [0.15, 0.2) is 0 Å². The van der Waals surface area contributed by atoms with Crippen molar-refractivity contribution in [3.63, 3.8) is 0 Å². The van der Waals surface area contributed by atoms with Gasteiger partial charge in [-0.15, -0.1) is 0 Å². The number of carbonyl (C=O) groups is 1. The summed E-state index contributed by atoms with van der Waals surface area (Å²) in [5.41, 5.74) is 1.58. The fourth-order valence-electron chi connectivity index (χ4n) is 2.76. The van der Waals surface area contributed by atoms with E-state index in [0.717, 1.165) is 11.8 Å². The van der Waals surface area contributed by atoms with Crippen molar-refractivity contribution in [2.45, 2.75) is 25.8 Å². The van der Waals surface area contributed by atoms with Gasteiger partial charge in [-0.1, -0.05) is 30.3 Å². The van der Waals surface area contributed by atoms with E-state index in [-0.39, 0.29) is 24.9 Å². The highest BCUT2D eigenvalue weighted by molar-refractivity contribution is 7.92. The largest absolute Gasteiger partial charge is 0.497 e. The molecular formula is C20H26N2O4S. The Morgan fingerprint density at radius 2 is 1.74 bits per heavy atom. The molecule has 0 radical (unpaired) electrons. The molecule has 0 aliphatic carbocycles. The van der Waals surface area contributed by atoms with E-state index in [1.165, 1.54) is 4.31 Å². The molecule has 0 aromatic heterocycles. The number of anilines is 1. The molecular weight excluding hydrogens is 364 g/mol. The van der Waals surface area contributed by atoms with Crippen LogP contribution in [0.1, 0.15) is 31.4 Å². The highest BCUT2D eigenvalue weighted by atomic mass is 32.2. The van der Waals surface area contributed by atoms with Crippen LogP contribution in [0.25, 0.3) is 0 Å². The fourth-order valence-corrected chi connectivity index (χ4v) is 3.72. The van der Waals surface area contributed by atoms with Gasteiger partial charge in [0.2, 0.25) is 15.9 Å². The summed E-state index contributed by atoms with van der Waals surface area (Å²) >= 11 is 0. The topological polar surface area (TPSA) is 75.7 Å². The molecule has 6 nitrogen and oxygen atoms in total. The maximum absolute atomic E-state index is 12.2. The highest BCUT2D eigenvalue weighted by Gasteiger charge is 2.18. The van der Waals surface area contributed by atoms with Gasteiger partial charge in [0, 0.05) is 13.0 Å². The quantitative estimate of drug-likeness (QED) is 0.714. The molecule has 0 fully saturated rings. The van der Waals surface area contributed by atoms with Gasteiger partial charge < -0.3 is 10.1 Å². The number of nitrogens with zero attached hydrogens (tertiary/aromatic N) is 1. The second-order valence-corrected chi connectivity index (χ2v) is 8.24. The summed E-state index contributed by atoms with van der Waals surface area (Å²) in [6, 6.07) is 16.4. The van der Waals surface area contributed by atoms with Crippen molar-refractivity contribution in [2.75, 3.05) is 24.2 Å². The summed E-state index contributed by atoms with van der Waals surface area (Å²) in [4.78, 5) is 12.2. The first-order chi connectivity index (χ1) is 12.8. The van der Waals surface area contributed by atoms with E-state index < -0.39 is 10.0 Å². The monoisotopic (exact) mass is 390 g/mol. The van der Waals surface area contributed by atoms with Crippen molar-refractivity contribution < 1.29 is 17.9 Å². The predicted molar refractivity (Wildman–Crippen MR) is 107 cm³/mol. The lowest BCUT2D eigenvalue weighted by Gasteiger charge is -2.22. The van der Waals surface area contributed by atoms with Crippen LogP contribution >= 0.6 is 0 Å². The number of hydrogen-bond acceptors (Lipinski definition) is 4. The Balaban J connectivity index is 1.92. The molecule has 0 saturated carbocycles. The fraction of sp³-hybridized carbons (Fsp3) is 0.350. The number of rotatable bonds is 9. The number of nitrogens with one attached hydrogen (secondary N) is 1. The van der Waals surface area contributed by atoms with Crippen molar-refractivity contribution in [1.29, 1.82) is 0 Å². The van der Waals surface area contributed by atoms with Crippen LogP contribution in [-0.4, -0.2) is 34.2 Å². The minimum absolute atomic E-state index is 0.0914. The number of hydrogen-bond donors (Lipinski definition) is 1. The molecule has 1 N–H and O–H groups in total. The van der Waals surface area contributed by atoms with E-state index in [4.69, 9.17) is 4.74 Å². The van der Waals surface area contributed by atoms with Crippen molar-refractivity contribution in [3.8, 4) is 5.75 Å². The third-order valence-corrected chi connectivity index (χ3v) is 5.40. The minimum atomic E-state index is -3.44. The van der Waals surface area contributed by atoms with E-state index in [1.54, 1.807) is 31.4 Å². The number of benzene rings is 2. The predicted octanol–water partition coefficient (Wildman–Crippen LogP) is 3.12. The zero-order valence-electron chi connectivity index (χ0n) is 15.9. The summed E-state index contributed by atoms with van der Waals surface area (Å²) in [6.45, 7) is 2.16. The van der Waals surface area contributed by atoms with Gasteiger partial charge in [0.25, 0.3) is 0 Å². The average Bonchev–Trinajstić information content (AvgIpc) is 2.65. The van der Waals surface area contributed by atoms with Gasteiger partial charge in [-0.25, -0.2) is 8.42 Å². The lowest BCUT2D eigenvalue weighted by molar-refractivity contribution is -0.121. The molecule has 0 aliphatic heterocycles. The SMILES string of the molecule is COc1ccc(N(CCCC(=O)N[C@H](C)c2ccccc2)S(C)(=O)=O)cc1. The van der Waals surface area contributed by atoms with E-state index in [0.29, 0.717) is 17.9 Å². The summed E-state index contributed by atoms with van der Waals surface area (Å²) < 4.78 is 30.6. The Hall–Kier alpha value is -2.54. The van der Waals surface area contributed by atoms with Gasteiger partial charge in [-0.2, -0.15) is 0 Å². The van der Waals surface area contributed by atoms with Crippen LogP contribution in [0.3, 0.4) is 0 Å². The van der Waals surface area contributed by atoms with Gasteiger partial charge in [0.05, 0.1) is 25.1 Å². The number of carbonyl (C=O) groups excluding carboxylic acids is 1. The molecule has 0 aliphatic rings. The summed E-state index contributed by atoms with van der Waals surface area (Å²) in [5, 5.41) is 2.94. The van der Waals surface area contributed by atoms with Gasteiger partial charge in [0.1, 0.15) is 5.75 Å². The van der Waals surface area contributed by atoms with Gasteiger partial charge >= 0.3 is 0 Å². The number of ether oxygens (including phenoxy) is 1. The molecule has 0 bridgehead atoms. The first kappa shape index (κ1) is 20.8. The summed E-state index contributed by atoms with van der Waals surface area (Å²) in [6.07, 6.45) is 1.83. The number of sulfonamides is 1. The van der Waals surface area contributed by atoms with Crippen molar-refractivity contribution in [2.24, 2.45) is 0 Å². The Morgan fingerprint density at radius 3 is 2.30 bits per heavy atom. The Morgan fingerprint density at radius 1 is 1.11 bits per heavy atom. The second kappa shape index (κ2) is 9.41. The smallest absolute Gasteiger partial charge is 0.232 e. The molecule has 2 rings (SSSR count). The summed E-state index contributed by atoms with van der Waals surface area (Å²) in [5.74, 6) is 0.552. The first-order valence-corrected chi connectivity index (χ1v) is 10.6.